The van der Waals surface area contributed by atoms with Crippen LogP contribution < -0.4 is 11.5 Å². The molecule has 0 aromatic heterocycles. The van der Waals surface area contributed by atoms with E-state index in [2.05, 4.69) is 0 Å². The predicted molar refractivity (Wildman–Crippen MR) is 88.6 cm³/mol. The van der Waals surface area contributed by atoms with Crippen LogP contribution in [-0.4, -0.2) is 14.9 Å². The molecule has 112 valence electrons. The Bertz CT molecular complexity index is 550. The standard InChI is InChI=1S/C12H12N2.C2HCl3O2/c13-11-5-1-9(2-6-11)10-3-7-12(14)8-4-10;3-2(4,5)1(6)7/h1-8H,13-14H2;(H,6,7). The van der Waals surface area contributed by atoms with Gasteiger partial charge >= 0.3 is 5.97 Å². The van der Waals surface area contributed by atoms with E-state index in [1.165, 1.54) is 0 Å². The number of hydrogen-bond donors (Lipinski definition) is 3. The molecule has 0 fully saturated rings. The second-order valence-electron chi connectivity index (χ2n) is 4.05. The number of carboxylic acid groups (broad SMARTS) is 1. The van der Waals surface area contributed by atoms with Crippen LogP contribution in [0.2, 0.25) is 0 Å². The SMILES string of the molecule is Nc1ccc(-c2ccc(N)cc2)cc1.O=C(O)C(Cl)(Cl)Cl. The fraction of sp³-hybridized carbons (Fsp3) is 0.0714. The molecule has 0 saturated carbocycles. The molecule has 0 bridgehead atoms. The van der Waals surface area contributed by atoms with Gasteiger partial charge in [-0.3, -0.25) is 0 Å². The molecule has 0 heterocycles. The highest BCUT2D eigenvalue weighted by Gasteiger charge is 2.29. The van der Waals surface area contributed by atoms with Gasteiger partial charge in [0.25, 0.3) is 3.79 Å². The predicted octanol–water partition coefficient (Wildman–Crippen LogP) is 3.96. The van der Waals surface area contributed by atoms with E-state index in [0.717, 1.165) is 22.5 Å². The Labute approximate surface area is 137 Å². The van der Waals surface area contributed by atoms with Crippen molar-refractivity contribution < 1.29 is 9.90 Å². The average Bonchev–Trinajstić information content (AvgIpc) is 2.40. The molecule has 0 aliphatic heterocycles. The van der Waals surface area contributed by atoms with Gasteiger partial charge in [0.05, 0.1) is 0 Å². The quantitative estimate of drug-likeness (QED) is 0.538. The van der Waals surface area contributed by atoms with Crippen molar-refractivity contribution in [3.05, 3.63) is 48.5 Å². The number of alkyl halides is 3. The number of anilines is 2. The van der Waals surface area contributed by atoms with E-state index in [9.17, 15) is 4.79 Å². The minimum Gasteiger partial charge on any atom is -0.478 e. The third kappa shape index (κ3) is 6.12. The lowest BCUT2D eigenvalue weighted by Crippen LogP contribution is -2.16. The molecule has 0 amide bonds. The van der Waals surface area contributed by atoms with Crippen LogP contribution in [0.3, 0.4) is 0 Å². The normalized spacial score (nSPS) is 10.4. The van der Waals surface area contributed by atoms with Crippen molar-refractivity contribution in [3.8, 4) is 11.1 Å². The van der Waals surface area contributed by atoms with Gasteiger partial charge in [0, 0.05) is 11.4 Å². The number of hydrogen-bond acceptors (Lipinski definition) is 3. The molecule has 2 aromatic carbocycles. The highest BCUT2D eigenvalue weighted by molar-refractivity contribution is 6.75. The third-order valence-corrected chi connectivity index (χ3v) is 2.88. The first-order valence-electron chi connectivity index (χ1n) is 5.71. The van der Waals surface area contributed by atoms with E-state index in [-0.39, 0.29) is 0 Å². The molecule has 0 atom stereocenters. The Morgan fingerprint density at radius 3 is 1.24 bits per heavy atom. The first-order valence-corrected chi connectivity index (χ1v) is 6.85. The van der Waals surface area contributed by atoms with Crippen molar-refractivity contribution in [3.63, 3.8) is 0 Å². The minimum atomic E-state index is -2.17. The molecule has 0 aliphatic rings. The first kappa shape index (κ1) is 17.4. The number of carboxylic acids is 1. The van der Waals surface area contributed by atoms with Gasteiger partial charge in [0.2, 0.25) is 0 Å². The number of benzene rings is 2. The van der Waals surface area contributed by atoms with Crippen LogP contribution >= 0.6 is 34.8 Å². The van der Waals surface area contributed by atoms with Crippen LogP contribution in [0, 0.1) is 0 Å². The Hall–Kier alpha value is -1.62. The van der Waals surface area contributed by atoms with Gasteiger partial charge in [-0.15, -0.1) is 0 Å². The summed E-state index contributed by atoms with van der Waals surface area (Å²) in [7, 11) is 0. The Balaban J connectivity index is 0.000000270. The van der Waals surface area contributed by atoms with E-state index in [4.69, 9.17) is 51.4 Å². The fourth-order valence-electron chi connectivity index (χ4n) is 1.35. The fourth-order valence-corrected chi connectivity index (χ4v) is 1.35. The van der Waals surface area contributed by atoms with Crippen LogP contribution in [0.25, 0.3) is 11.1 Å². The summed E-state index contributed by atoms with van der Waals surface area (Å²) in [6.45, 7) is 0. The Kier molecular flexibility index (Phi) is 6.15. The lowest BCUT2D eigenvalue weighted by Gasteiger charge is -2.02. The number of nitrogen functional groups attached to an aromatic ring is 2. The largest absolute Gasteiger partial charge is 0.478 e. The molecule has 2 aromatic rings. The number of rotatable bonds is 1. The summed E-state index contributed by atoms with van der Waals surface area (Å²) in [5.74, 6) is -1.46. The highest BCUT2D eigenvalue weighted by Crippen LogP contribution is 2.25. The molecular weight excluding hydrogens is 335 g/mol. The van der Waals surface area contributed by atoms with Gasteiger partial charge in [-0.2, -0.15) is 0 Å². The van der Waals surface area contributed by atoms with E-state index < -0.39 is 9.76 Å². The lowest BCUT2D eigenvalue weighted by molar-refractivity contribution is -0.135. The molecular formula is C14H13Cl3N2O2. The molecule has 4 nitrogen and oxygen atoms in total. The smallest absolute Gasteiger partial charge is 0.356 e. The van der Waals surface area contributed by atoms with E-state index in [0.29, 0.717) is 0 Å². The van der Waals surface area contributed by atoms with Crippen LogP contribution in [0.1, 0.15) is 0 Å². The maximum absolute atomic E-state index is 9.62. The van der Waals surface area contributed by atoms with Gasteiger partial charge < -0.3 is 16.6 Å². The molecule has 5 N–H and O–H groups in total. The van der Waals surface area contributed by atoms with Crippen molar-refractivity contribution in [2.75, 3.05) is 11.5 Å². The summed E-state index contributed by atoms with van der Waals surface area (Å²) in [6.07, 6.45) is 0. The van der Waals surface area contributed by atoms with Gasteiger partial charge in [-0.25, -0.2) is 4.79 Å². The molecule has 0 unspecified atom stereocenters. The average molecular weight is 348 g/mol. The summed E-state index contributed by atoms with van der Waals surface area (Å²) < 4.78 is -2.17. The van der Waals surface area contributed by atoms with E-state index in [1.807, 2.05) is 48.5 Å². The summed E-state index contributed by atoms with van der Waals surface area (Å²) in [5, 5.41) is 7.85. The summed E-state index contributed by atoms with van der Waals surface area (Å²) in [4.78, 5) is 9.62. The zero-order valence-electron chi connectivity index (χ0n) is 10.8. The van der Waals surface area contributed by atoms with Crippen molar-refractivity contribution in [1.82, 2.24) is 0 Å². The van der Waals surface area contributed by atoms with Crippen molar-refractivity contribution >= 4 is 52.1 Å². The number of nitrogens with two attached hydrogens (primary N) is 2. The molecule has 7 heteroatoms. The van der Waals surface area contributed by atoms with Crippen molar-refractivity contribution in [2.45, 2.75) is 3.79 Å². The van der Waals surface area contributed by atoms with E-state index in [1.54, 1.807) is 0 Å². The molecule has 21 heavy (non-hydrogen) atoms. The first-order chi connectivity index (χ1) is 9.70. The van der Waals surface area contributed by atoms with E-state index >= 15 is 0 Å². The van der Waals surface area contributed by atoms with Crippen molar-refractivity contribution in [1.29, 1.82) is 0 Å². The van der Waals surface area contributed by atoms with Gasteiger partial charge in [0.1, 0.15) is 0 Å². The van der Waals surface area contributed by atoms with Gasteiger partial charge in [-0.1, -0.05) is 59.1 Å². The third-order valence-electron chi connectivity index (χ3n) is 2.40. The summed E-state index contributed by atoms with van der Waals surface area (Å²) in [5.41, 5.74) is 15.1. The Morgan fingerprint density at radius 2 is 1.05 bits per heavy atom. The maximum Gasteiger partial charge on any atom is 0.356 e. The van der Waals surface area contributed by atoms with Gasteiger partial charge in [-0.05, 0) is 35.4 Å². The monoisotopic (exact) mass is 346 g/mol. The van der Waals surface area contributed by atoms with Crippen LogP contribution in [-0.2, 0) is 4.79 Å². The minimum absolute atomic E-state index is 0.782. The second kappa shape index (κ2) is 7.41. The second-order valence-corrected chi connectivity index (χ2v) is 6.33. The van der Waals surface area contributed by atoms with Crippen molar-refractivity contribution in [2.24, 2.45) is 0 Å². The molecule has 2 rings (SSSR count). The maximum atomic E-state index is 9.62. The molecule has 0 spiro atoms. The Morgan fingerprint density at radius 1 is 0.810 bits per heavy atom. The molecule has 0 saturated heterocycles. The zero-order chi connectivity index (χ0) is 16.0. The number of aliphatic carboxylic acids is 1. The zero-order valence-corrected chi connectivity index (χ0v) is 13.0. The van der Waals surface area contributed by atoms with Gasteiger partial charge in [0.15, 0.2) is 0 Å². The van der Waals surface area contributed by atoms with Crippen LogP contribution in [0.15, 0.2) is 48.5 Å². The highest BCUT2D eigenvalue weighted by atomic mass is 35.6. The molecule has 0 radical (unpaired) electrons. The lowest BCUT2D eigenvalue weighted by atomic mass is 10.1. The number of halogens is 3. The summed E-state index contributed by atoms with van der Waals surface area (Å²) in [6, 6.07) is 15.6. The number of carbonyl (C=O) groups is 1. The topological polar surface area (TPSA) is 89.3 Å². The summed E-state index contributed by atoms with van der Waals surface area (Å²) >= 11 is 14.4. The molecule has 0 aliphatic carbocycles. The van der Waals surface area contributed by atoms with Crippen LogP contribution in [0.5, 0.6) is 0 Å². The van der Waals surface area contributed by atoms with Crippen LogP contribution in [0.4, 0.5) is 11.4 Å².